The summed E-state index contributed by atoms with van der Waals surface area (Å²) in [6.07, 6.45) is 0. The number of benzene rings is 1. The number of aryl methyl sites for hydroxylation is 2. The highest BCUT2D eigenvalue weighted by atomic mass is 16.5. The van der Waals surface area contributed by atoms with E-state index in [4.69, 9.17) is 14.0 Å². The summed E-state index contributed by atoms with van der Waals surface area (Å²) in [5.41, 5.74) is 2.30. The van der Waals surface area contributed by atoms with Gasteiger partial charge in [-0.25, -0.2) is 0 Å². The summed E-state index contributed by atoms with van der Waals surface area (Å²) in [5, 5.41) is 7.14. The smallest absolute Gasteiger partial charge is 0.223 e. The molecule has 1 heterocycles. The summed E-state index contributed by atoms with van der Waals surface area (Å²) >= 11 is 0. The largest absolute Gasteiger partial charge is 0.485 e. The molecule has 0 aliphatic heterocycles. The van der Waals surface area contributed by atoms with E-state index in [1.54, 1.807) is 14.0 Å². The molecule has 0 spiro atoms. The first-order chi connectivity index (χ1) is 10.2. The van der Waals surface area contributed by atoms with Crippen LogP contribution in [0.1, 0.15) is 22.8 Å². The van der Waals surface area contributed by atoms with Crippen molar-refractivity contribution in [1.29, 1.82) is 0 Å². The minimum atomic E-state index is 0.297. The van der Waals surface area contributed by atoms with Crippen molar-refractivity contribution in [3.63, 3.8) is 0 Å². The van der Waals surface area contributed by atoms with Crippen molar-refractivity contribution < 1.29 is 14.0 Å². The van der Waals surface area contributed by atoms with Gasteiger partial charge in [-0.2, -0.15) is 4.98 Å². The van der Waals surface area contributed by atoms with E-state index in [1.165, 1.54) is 5.56 Å². The molecule has 1 aromatic heterocycles. The second-order valence-corrected chi connectivity index (χ2v) is 4.80. The Morgan fingerprint density at radius 2 is 2.14 bits per heavy atom. The van der Waals surface area contributed by atoms with Crippen molar-refractivity contribution in [3.05, 3.63) is 41.0 Å². The molecule has 0 fully saturated rings. The molecule has 114 valence electrons. The maximum absolute atomic E-state index is 5.79. The first-order valence-corrected chi connectivity index (χ1v) is 6.90. The number of ether oxygens (including phenoxy) is 2. The van der Waals surface area contributed by atoms with Gasteiger partial charge in [0.2, 0.25) is 11.7 Å². The fraction of sp³-hybridized carbons (Fsp3) is 0.467. The van der Waals surface area contributed by atoms with Crippen molar-refractivity contribution >= 4 is 0 Å². The van der Waals surface area contributed by atoms with Crippen LogP contribution in [0.4, 0.5) is 0 Å². The molecule has 1 aromatic carbocycles. The quantitative estimate of drug-likeness (QED) is 0.750. The zero-order valence-corrected chi connectivity index (χ0v) is 12.7. The van der Waals surface area contributed by atoms with Crippen LogP contribution < -0.4 is 10.1 Å². The lowest BCUT2D eigenvalue weighted by Gasteiger charge is -2.12. The highest BCUT2D eigenvalue weighted by Gasteiger charge is 2.07. The molecule has 0 radical (unpaired) electrons. The van der Waals surface area contributed by atoms with Crippen molar-refractivity contribution in [2.45, 2.75) is 27.0 Å². The number of hydrogen-bond acceptors (Lipinski definition) is 6. The summed E-state index contributed by atoms with van der Waals surface area (Å²) < 4.78 is 15.7. The average molecular weight is 291 g/mol. The van der Waals surface area contributed by atoms with E-state index in [0.717, 1.165) is 24.4 Å². The third kappa shape index (κ3) is 4.84. The number of rotatable bonds is 8. The highest BCUT2D eigenvalue weighted by molar-refractivity contribution is 5.36. The molecular weight excluding hydrogens is 270 g/mol. The average Bonchev–Trinajstić information content (AvgIpc) is 2.88. The standard InChI is InChI=1S/C15H21N3O3/c1-11-4-5-14(13(8-11)9-16-6-7-19-3)20-10-15-17-12(2)21-18-15/h4-5,8,16H,6-7,9-10H2,1-3H3. The molecule has 0 atom stereocenters. The third-order valence-corrected chi connectivity index (χ3v) is 2.94. The van der Waals surface area contributed by atoms with Crippen LogP contribution in [0.5, 0.6) is 5.75 Å². The number of hydrogen-bond donors (Lipinski definition) is 1. The zero-order chi connectivity index (χ0) is 15.1. The Kier molecular flexibility index (Phi) is 5.71. The summed E-state index contributed by atoms with van der Waals surface area (Å²) in [6, 6.07) is 6.10. The first kappa shape index (κ1) is 15.5. The van der Waals surface area contributed by atoms with E-state index in [2.05, 4.69) is 28.4 Å². The Morgan fingerprint density at radius 3 is 2.86 bits per heavy atom. The predicted octanol–water partition coefficient (Wildman–Crippen LogP) is 2.00. The van der Waals surface area contributed by atoms with E-state index >= 15 is 0 Å². The lowest BCUT2D eigenvalue weighted by Crippen LogP contribution is -2.19. The van der Waals surface area contributed by atoms with Gasteiger partial charge in [-0.3, -0.25) is 0 Å². The molecule has 0 saturated carbocycles. The first-order valence-electron chi connectivity index (χ1n) is 6.90. The lowest BCUT2D eigenvalue weighted by atomic mass is 10.1. The van der Waals surface area contributed by atoms with Crippen molar-refractivity contribution in [1.82, 2.24) is 15.5 Å². The maximum Gasteiger partial charge on any atom is 0.223 e. The molecular formula is C15H21N3O3. The molecule has 0 aliphatic carbocycles. The fourth-order valence-corrected chi connectivity index (χ4v) is 1.93. The normalized spacial score (nSPS) is 10.8. The van der Waals surface area contributed by atoms with Crippen molar-refractivity contribution in [2.24, 2.45) is 0 Å². The van der Waals surface area contributed by atoms with E-state index in [9.17, 15) is 0 Å². The third-order valence-electron chi connectivity index (χ3n) is 2.94. The predicted molar refractivity (Wildman–Crippen MR) is 78.1 cm³/mol. The second-order valence-electron chi connectivity index (χ2n) is 4.80. The summed E-state index contributed by atoms with van der Waals surface area (Å²) in [7, 11) is 1.69. The zero-order valence-electron chi connectivity index (χ0n) is 12.7. The van der Waals surface area contributed by atoms with Gasteiger partial charge >= 0.3 is 0 Å². The summed E-state index contributed by atoms with van der Waals surface area (Å²) in [5.74, 6) is 1.92. The van der Waals surface area contributed by atoms with Crippen molar-refractivity contribution in [3.8, 4) is 5.75 Å². The van der Waals surface area contributed by atoms with E-state index in [0.29, 0.717) is 24.9 Å². The van der Waals surface area contributed by atoms with Crippen LogP contribution in [0.15, 0.2) is 22.7 Å². The van der Waals surface area contributed by atoms with Gasteiger partial charge in [0.15, 0.2) is 6.61 Å². The molecule has 2 aromatic rings. The van der Waals surface area contributed by atoms with Gasteiger partial charge < -0.3 is 19.3 Å². The highest BCUT2D eigenvalue weighted by Crippen LogP contribution is 2.20. The van der Waals surface area contributed by atoms with Gasteiger partial charge in [-0.15, -0.1) is 0 Å². The number of nitrogens with one attached hydrogen (secondary N) is 1. The summed E-state index contributed by atoms with van der Waals surface area (Å²) in [6.45, 7) is 6.33. The molecule has 1 N–H and O–H groups in total. The summed E-state index contributed by atoms with van der Waals surface area (Å²) in [4.78, 5) is 4.12. The topological polar surface area (TPSA) is 69.4 Å². The molecule has 0 saturated heterocycles. The van der Waals surface area contributed by atoms with Crippen LogP contribution in [0, 0.1) is 13.8 Å². The Balaban J connectivity index is 1.97. The van der Waals surface area contributed by atoms with Crippen LogP contribution in [0.2, 0.25) is 0 Å². The Bertz CT molecular complexity index is 569. The van der Waals surface area contributed by atoms with Gasteiger partial charge in [-0.1, -0.05) is 22.9 Å². The van der Waals surface area contributed by atoms with E-state index < -0.39 is 0 Å². The van der Waals surface area contributed by atoms with Gasteiger partial charge in [0.1, 0.15) is 5.75 Å². The fourth-order valence-electron chi connectivity index (χ4n) is 1.93. The molecule has 0 unspecified atom stereocenters. The van der Waals surface area contributed by atoms with Gasteiger partial charge in [0.05, 0.1) is 6.61 Å². The lowest BCUT2D eigenvalue weighted by molar-refractivity contribution is 0.199. The number of aromatic nitrogens is 2. The van der Waals surface area contributed by atoms with E-state index in [-0.39, 0.29) is 0 Å². The number of nitrogens with zero attached hydrogens (tertiary/aromatic N) is 2. The minimum Gasteiger partial charge on any atom is -0.485 e. The Hall–Kier alpha value is -1.92. The van der Waals surface area contributed by atoms with Crippen molar-refractivity contribution in [2.75, 3.05) is 20.3 Å². The monoisotopic (exact) mass is 291 g/mol. The van der Waals surface area contributed by atoms with Gasteiger partial charge in [0, 0.05) is 32.7 Å². The Labute approximate surface area is 124 Å². The number of methoxy groups -OCH3 is 1. The van der Waals surface area contributed by atoms with Gasteiger partial charge in [-0.05, 0) is 13.0 Å². The van der Waals surface area contributed by atoms with Crippen LogP contribution in [0.3, 0.4) is 0 Å². The molecule has 6 heteroatoms. The Morgan fingerprint density at radius 1 is 1.29 bits per heavy atom. The van der Waals surface area contributed by atoms with Crippen LogP contribution in [-0.2, 0) is 17.9 Å². The molecule has 0 aliphatic rings. The van der Waals surface area contributed by atoms with E-state index in [1.807, 2.05) is 12.1 Å². The SMILES string of the molecule is COCCNCc1cc(C)ccc1OCc1noc(C)n1. The van der Waals surface area contributed by atoms with Crippen LogP contribution in [-0.4, -0.2) is 30.4 Å². The van der Waals surface area contributed by atoms with Crippen LogP contribution >= 0.6 is 0 Å². The minimum absolute atomic E-state index is 0.297. The van der Waals surface area contributed by atoms with Gasteiger partial charge in [0.25, 0.3) is 0 Å². The molecule has 6 nitrogen and oxygen atoms in total. The molecule has 0 bridgehead atoms. The maximum atomic E-state index is 5.79. The molecule has 0 amide bonds. The molecule has 2 rings (SSSR count). The molecule has 21 heavy (non-hydrogen) atoms. The second kappa shape index (κ2) is 7.75. The van der Waals surface area contributed by atoms with Crippen LogP contribution in [0.25, 0.3) is 0 Å².